The lowest BCUT2D eigenvalue weighted by molar-refractivity contribution is -0.0416. The molecular formula is C9H14N2O3S. The van der Waals surface area contributed by atoms with E-state index in [1.54, 1.807) is 0 Å². The van der Waals surface area contributed by atoms with Gasteiger partial charge in [-0.25, -0.2) is 5.48 Å². The van der Waals surface area contributed by atoms with Crippen molar-refractivity contribution in [2.75, 3.05) is 18.9 Å². The molecule has 0 bridgehead atoms. The summed E-state index contributed by atoms with van der Waals surface area (Å²) in [6.07, 6.45) is -0.287. The van der Waals surface area contributed by atoms with Gasteiger partial charge in [-0.05, 0) is 12.5 Å². The summed E-state index contributed by atoms with van der Waals surface area (Å²) >= 11 is 1.51. The lowest BCUT2D eigenvalue weighted by atomic mass is 10.2. The Morgan fingerprint density at radius 3 is 2.80 bits per heavy atom. The minimum Gasteiger partial charge on any atom is -0.398 e. The predicted molar refractivity (Wildman–Crippen MR) is 56.7 cm³/mol. The summed E-state index contributed by atoms with van der Waals surface area (Å²) < 4.78 is 10.8. The molecule has 0 aromatic carbocycles. The van der Waals surface area contributed by atoms with Crippen LogP contribution in [0.15, 0.2) is 0 Å². The number of thiophene rings is 1. The van der Waals surface area contributed by atoms with Crippen molar-refractivity contribution >= 4 is 17.0 Å². The van der Waals surface area contributed by atoms with Gasteiger partial charge in [-0.2, -0.15) is 0 Å². The first-order valence-electron chi connectivity index (χ1n) is 4.72. The molecule has 84 valence electrons. The van der Waals surface area contributed by atoms with Crippen molar-refractivity contribution in [3.63, 3.8) is 0 Å². The number of nitrogens with one attached hydrogen (secondary N) is 1. The van der Waals surface area contributed by atoms with E-state index in [-0.39, 0.29) is 6.29 Å². The van der Waals surface area contributed by atoms with Crippen molar-refractivity contribution in [3.8, 4) is 0 Å². The van der Waals surface area contributed by atoms with Crippen molar-refractivity contribution in [1.82, 2.24) is 5.48 Å². The van der Waals surface area contributed by atoms with Crippen LogP contribution in [0.25, 0.3) is 0 Å². The molecule has 1 aliphatic heterocycles. The Morgan fingerprint density at radius 2 is 2.20 bits per heavy atom. The molecule has 1 aliphatic rings. The van der Waals surface area contributed by atoms with E-state index in [1.165, 1.54) is 11.3 Å². The van der Waals surface area contributed by atoms with Gasteiger partial charge in [-0.1, -0.05) is 0 Å². The molecular weight excluding hydrogens is 216 g/mol. The third-order valence-corrected chi connectivity index (χ3v) is 3.71. The van der Waals surface area contributed by atoms with Gasteiger partial charge < -0.3 is 20.4 Å². The van der Waals surface area contributed by atoms with Gasteiger partial charge in [0.25, 0.3) is 0 Å². The van der Waals surface area contributed by atoms with Crippen LogP contribution in [0.3, 0.4) is 0 Å². The first-order valence-corrected chi connectivity index (χ1v) is 5.53. The number of hydroxylamine groups is 1. The zero-order valence-electron chi connectivity index (χ0n) is 8.45. The van der Waals surface area contributed by atoms with Gasteiger partial charge in [0.05, 0.1) is 30.3 Å². The third kappa shape index (κ3) is 1.99. The molecule has 1 aromatic heterocycles. The fraction of sp³-hybridized carbons (Fsp3) is 0.556. The molecule has 6 heteroatoms. The summed E-state index contributed by atoms with van der Waals surface area (Å²) in [4.78, 5) is 1.90. The number of ether oxygens (including phenoxy) is 2. The van der Waals surface area contributed by atoms with Crippen LogP contribution in [0.4, 0.5) is 5.69 Å². The maximum absolute atomic E-state index is 8.65. The van der Waals surface area contributed by atoms with Crippen LogP contribution < -0.4 is 11.2 Å². The first-order chi connectivity index (χ1) is 7.24. The molecule has 15 heavy (non-hydrogen) atoms. The van der Waals surface area contributed by atoms with Crippen molar-refractivity contribution in [3.05, 3.63) is 15.3 Å². The van der Waals surface area contributed by atoms with Crippen LogP contribution in [-0.4, -0.2) is 18.4 Å². The fourth-order valence-corrected chi connectivity index (χ4v) is 2.70. The molecule has 5 nitrogen and oxygen atoms in total. The van der Waals surface area contributed by atoms with Crippen molar-refractivity contribution in [2.24, 2.45) is 0 Å². The second-order valence-corrected chi connectivity index (χ2v) is 4.47. The Hall–Kier alpha value is -0.660. The van der Waals surface area contributed by atoms with Crippen LogP contribution in [0, 0.1) is 6.92 Å². The summed E-state index contributed by atoms with van der Waals surface area (Å²) in [7, 11) is 0. The number of hydrogen-bond donors (Lipinski definition) is 3. The average molecular weight is 230 g/mol. The molecule has 0 spiro atoms. The Balaban J connectivity index is 2.27. The van der Waals surface area contributed by atoms with Crippen molar-refractivity contribution in [1.29, 1.82) is 0 Å². The molecule has 0 unspecified atom stereocenters. The van der Waals surface area contributed by atoms with E-state index in [2.05, 4.69) is 5.48 Å². The van der Waals surface area contributed by atoms with Gasteiger partial charge in [0.2, 0.25) is 0 Å². The summed E-state index contributed by atoms with van der Waals surface area (Å²) in [6.45, 7) is 3.53. The van der Waals surface area contributed by atoms with Crippen molar-refractivity contribution < 1.29 is 14.7 Å². The standard InChI is InChI=1S/C9H14N2O3S/c1-5-7(10)6(4-11-12)15-8(5)9-13-2-3-14-9/h9,11-12H,2-4,10H2,1H3. The van der Waals surface area contributed by atoms with Gasteiger partial charge >= 0.3 is 0 Å². The fourth-order valence-electron chi connectivity index (χ4n) is 1.54. The highest BCUT2D eigenvalue weighted by atomic mass is 32.1. The number of nitrogens with two attached hydrogens (primary N) is 1. The largest absolute Gasteiger partial charge is 0.398 e. The zero-order valence-corrected chi connectivity index (χ0v) is 9.26. The molecule has 0 atom stereocenters. The second kappa shape index (κ2) is 4.46. The molecule has 1 fully saturated rings. The van der Waals surface area contributed by atoms with E-state index >= 15 is 0 Å². The smallest absolute Gasteiger partial charge is 0.193 e. The Morgan fingerprint density at radius 1 is 1.53 bits per heavy atom. The summed E-state index contributed by atoms with van der Waals surface area (Å²) in [5.41, 5.74) is 9.70. The van der Waals surface area contributed by atoms with Crippen LogP contribution in [-0.2, 0) is 16.0 Å². The lowest BCUT2D eigenvalue weighted by Crippen LogP contribution is -2.06. The van der Waals surface area contributed by atoms with E-state index in [1.807, 2.05) is 6.92 Å². The molecule has 1 aromatic rings. The molecule has 4 N–H and O–H groups in total. The molecule has 2 heterocycles. The van der Waals surface area contributed by atoms with Crippen molar-refractivity contribution in [2.45, 2.75) is 19.8 Å². The maximum Gasteiger partial charge on any atom is 0.193 e. The van der Waals surface area contributed by atoms with E-state index < -0.39 is 0 Å². The highest BCUT2D eigenvalue weighted by Crippen LogP contribution is 2.37. The lowest BCUT2D eigenvalue weighted by Gasteiger charge is -2.07. The molecule has 0 radical (unpaired) electrons. The van der Waals surface area contributed by atoms with E-state index in [0.717, 1.165) is 15.3 Å². The topological polar surface area (TPSA) is 76.7 Å². The maximum atomic E-state index is 8.65. The molecule has 0 amide bonds. The monoisotopic (exact) mass is 230 g/mol. The normalized spacial score (nSPS) is 17.5. The number of rotatable bonds is 3. The highest BCUT2D eigenvalue weighted by molar-refractivity contribution is 7.12. The van der Waals surface area contributed by atoms with Gasteiger partial charge in [0, 0.05) is 4.88 Å². The number of hydrogen-bond acceptors (Lipinski definition) is 6. The Labute approximate surface area is 91.8 Å². The van der Waals surface area contributed by atoms with E-state index in [0.29, 0.717) is 25.4 Å². The van der Waals surface area contributed by atoms with Gasteiger partial charge in [0.15, 0.2) is 6.29 Å². The third-order valence-electron chi connectivity index (χ3n) is 2.38. The van der Waals surface area contributed by atoms with Crippen LogP contribution in [0.1, 0.15) is 21.6 Å². The summed E-state index contributed by atoms with van der Waals surface area (Å²) in [5.74, 6) is 0. The zero-order chi connectivity index (χ0) is 10.8. The van der Waals surface area contributed by atoms with E-state index in [9.17, 15) is 0 Å². The van der Waals surface area contributed by atoms with Crippen LogP contribution in [0.2, 0.25) is 0 Å². The quantitative estimate of drug-likeness (QED) is 0.679. The first kappa shape index (κ1) is 10.8. The van der Waals surface area contributed by atoms with Gasteiger partial charge in [-0.3, -0.25) is 0 Å². The summed E-state index contributed by atoms with van der Waals surface area (Å²) in [6, 6.07) is 0. The number of anilines is 1. The summed E-state index contributed by atoms with van der Waals surface area (Å²) in [5, 5.41) is 8.65. The second-order valence-electron chi connectivity index (χ2n) is 3.34. The van der Waals surface area contributed by atoms with Crippen LogP contribution in [0.5, 0.6) is 0 Å². The Kier molecular flexibility index (Phi) is 3.22. The van der Waals surface area contributed by atoms with Crippen LogP contribution >= 0.6 is 11.3 Å². The molecule has 2 rings (SSSR count). The van der Waals surface area contributed by atoms with Gasteiger partial charge in [-0.15, -0.1) is 11.3 Å². The SMILES string of the molecule is Cc1c(C2OCCO2)sc(CNO)c1N. The highest BCUT2D eigenvalue weighted by Gasteiger charge is 2.24. The van der Waals surface area contributed by atoms with Gasteiger partial charge in [0.1, 0.15) is 0 Å². The van der Waals surface area contributed by atoms with E-state index in [4.69, 9.17) is 20.4 Å². The molecule has 0 aliphatic carbocycles. The molecule has 0 saturated carbocycles. The number of nitrogen functional groups attached to an aromatic ring is 1. The molecule has 1 saturated heterocycles. The minimum atomic E-state index is -0.287. The average Bonchev–Trinajstić information content (AvgIpc) is 2.82. The predicted octanol–water partition coefficient (Wildman–Crippen LogP) is 1.16. The Bertz CT molecular complexity index is 347. The minimum absolute atomic E-state index is 0.287.